The van der Waals surface area contributed by atoms with E-state index in [1.807, 2.05) is 0 Å². The van der Waals surface area contributed by atoms with Crippen LogP contribution in [0, 0.1) is 0 Å². The molecule has 0 aromatic heterocycles. The fourth-order valence-corrected chi connectivity index (χ4v) is 1.49. The molecule has 0 aromatic carbocycles. The Balaban J connectivity index is 2.91. The molecule has 1 unspecified atom stereocenters. The van der Waals surface area contributed by atoms with Crippen LogP contribution in [0.2, 0.25) is 0 Å². The SMILES string of the molecule is CCCCCCNCCC(Br)CC. The quantitative estimate of drug-likeness (QED) is 0.485. The normalized spacial score (nSPS) is 13.2. The van der Waals surface area contributed by atoms with Crippen LogP contribution in [0.1, 0.15) is 52.4 Å². The van der Waals surface area contributed by atoms with Gasteiger partial charge in [-0.2, -0.15) is 0 Å². The summed E-state index contributed by atoms with van der Waals surface area (Å²) < 4.78 is 0. The van der Waals surface area contributed by atoms with E-state index in [1.54, 1.807) is 0 Å². The summed E-state index contributed by atoms with van der Waals surface area (Å²) in [5.41, 5.74) is 0. The van der Waals surface area contributed by atoms with E-state index >= 15 is 0 Å². The Labute approximate surface area is 91.8 Å². The molecule has 0 aliphatic carbocycles. The zero-order valence-electron chi connectivity index (χ0n) is 9.11. The molecule has 0 rings (SSSR count). The lowest BCUT2D eigenvalue weighted by Gasteiger charge is -2.07. The van der Waals surface area contributed by atoms with Crippen molar-refractivity contribution in [2.24, 2.45) is 0 Å². The maximum atomic E-state index is 3.63. The molecule has 2 heteroatoms. The second-order valence-corrected chi connectivity index (χ2v) is 4.90. The third kappa shape index (κ3) is 10.4. The highest BCUT2D eigenvalue weighted by Crippen LogP contribution is 2.07. The Hall–Kier alpha value is 0.440. The van der Waals surface area contributed by atoms with Crippen LogP contribution in [-0.4, -0.2) is 17.9 Å². The molecular formula is C11H24BrN. The summed E-state index contributed by atoms with van der Waals surface area (Å²) in [5, 5.41) is 3.48. The van der Waals surface area contributed by atoms with Crippen LogP contribution in [0.25, 0.3) is 0 Å². The number of halogens is 1. The summed E-state index contributed by atoms with van der Waals surface area (Å²) in [6.45, 7) is 6.84. The molecule has 0 saturated carbocycles. The Morgan fingerprint density at radius 3 is 2.46 bits per heavy atom. The predicted octanol–water partition coefficient (Wildman–Crippen LogP) is 3.72. The maximum Gasteiger partial charge on any atom is 0.0155 e. The van der Waals surface area contributed by atoms with Gasteiger partial charge in [0, 0.05) is 4.83 Å². The van der Waals surface area contributed by atoms with Gasteiger partial charge in [0.05, 0.1) is 0 Å². The molecule has 13 heavy (non-hydrogen) atoms. The summed E-state index contributed by atoms with van der Waals surface area (Å²) >= 11 is 3.63. The number of rotatable bonds is 9. The molecular weight excluding hydrogens is 226 g/mol. The lowest BCUT2D eigenvalue weighted by atomic mass is 10.2. The topological polar surface area (TPSA) is 12.0 Å². The number of hydrogen-bond acceptors (Lipinski definition) is 1. The fourth-order valence-electron chi connectivity index (χ4n) is 1.26. The summed E-state index contributed by atoms with van der Waals surface area (Å²) in [6, 6.07) is 0. The molecule has 0 aliphatic rings. The van der Waals surface area contributed by atoms with E-state index < -0.39 is 0 Å². The van der Waals surface area contributed by atoms with Crippen LogP contribution in [0.5, 0.6) is 0 Å². The van der Waals surface area contributed by atoms with Crippen molar-refractivity contribution in [2.75, 3.05) is 13.1 Å². The summed E-state index contributed by atoms with van der Waals surface area (Å²) in [4.78, 5) is 0.704. The molecule has 0 heterocycles. The highest BCUT2D eigenvalue weighted by atomic mass is 79.9. The van der Waals surface area contributed by atoms with Crippen LogP contribution in [-0.2, 0) is 0 Å². The van der Waals surface area contributed by atoms with E-state index in [-0.39, 0.29) is 0 Å². The molecule has 1 atom stereocenters. The van der Waals surface area contributed by atoms with Gasteiger partial charge in [-0.1, -0.05) is 49.0 Å². The van der Waals surface area contributed by atoms with Crippen molar-refractivity contribution in [3.05, 3.63) is 0 Å². The van der Waals surface area contributed by atoms with Gasteiger partial charge in [0.25, 0.3) is 0 Å². The van der Waals surface area contributed by atoms with E-state index in [0.29, 0.717) is 4.83 Å². The molecule has 1 N–H and O–H groups in total. The number of alkyl halides is 1. The average molecular weight is 250 g/mol. The molecule has 0 saturated heterocycles. The standard InChI is InChI=1S/C11H24BrN/c1-3-5-6-7-9-13-10-8-11(12)4-2/h11,13H,3-10H2,1-2H3. The van der Waals surface area contributed by atoms with Gasteiger partial charge in [-0.25, -0.2) is 0 Å². The number of nitrogens with one attached hydrogen (secondary N) is 1. The van der Waals surface area contributed by atoms with Crippen molar-refractivity contribution in [1.29, 1.82) is 0 Å². The highest BCUT2D eigenvalue weighted by Gasteiger charge is 1.98. The minimum absolute atomic E-state index is 0.704. The summed E-state index contributed by atoms with van der Waals surface area (Å²) in [7, 11) is 0. The molecule has 0 fully saturated rings. The van der Waals surface area contributed by atoms with Crippen molar-refractivity contribution in [3.8, 4) is 0 Å². The van der Waals surface area contributed by atoms with Crippen molar-refractivity contribution in [2.45, 2.75) is 57.2 Å². The lowest BCUT2D eigenvalue weighted by Crippen LogP contribution is -2.19. The van der Waals surface area contributed by atoms with Crippen LogP contribution in [0.15, 0.2) is 0 Å². The van der Waals surface area contributed by atoms with Crippen molar-refractivity contribution in [3.63, 3.8) is 0 Å². The van der Waals surface area contributed by atoms with Gasteiger partial charge in [-0.3, -0.25) is 0 Å². The molecule has 80 valence electrons. The van der Waals surface area contributed by atoms with E-state index in [9.17, 15) is 0 Å². The van der Waals surface area contributed by atoms with Gasteiger partial charge < -0.3 is 5.32 Å². The highest BCUT2D eigenvalue weighted by molar-refractivity contribution is 9.09. The molecule has 0 bridgehead atoms. The first-order valence-corrected chi connectivity index (χ1v) is 6.57. The Kier molecular flexibility index (Phi) is 10.9. The van der Waals surface area contributed by atoms with Crippen LogP contribution in [0.4, 0.5) is 0 Å². The second-order valence-electron chi connectivity index (χ2n) is 3.60. The molecule has 1 nitrogen and oxygen atoms in total. The van der Waals surface area contributed by atoms with Crippen molar-refractivity contribution >= 4 is 15.9 Å². The smallest absolute Gasteiger partial charge is 0.0155 e. The van der Waals surface area contributed by atoms with Crippen molar-refractivity contribution < 1.29 is 0 Å². The first kappa shape index (κ1) is 13.4. The number of hydrogen-bond donors (Lipinski definition) is 1. The maximum absolute atomic E-state index is 3.63. The van der Waals surface area contributed by atoms with E-state index in [4.69, 9.17) is 0 Å². The molecule has 0 aliphatic heterocycles. The molecule has 0 spiro atoms. The van der Waals surface area contributed by atoms with Crippen LogP contribution >= 0.6 is 15.9 Å². The Morgan fingerprint density at radius 2 is 1.85 bits per heavy atom. The summed E-state index contributed by atoms with van der Waals surface area (Å²) in [6.07, 6.45) is 7.93. The van der Waals surface area contributed by atoms with Gasteiger partial charge in [0.1, 0.15) is 0 Å². The molecule has 0 amide bonds. The minimum Gasteiger partial charge on any atom is -0.317 e. The van der Waals surface area contributed by atoms with Gasteiger partial charge in [-0.05, 0) is 32.4 Å². The zero-order chi connectivity index (χ0) is 9.94. The number of unbranched alkanes of at least 4 members (excludes halogenated alkanes) is 3. The largest absolute Gasteiger partial charge is 0.317 e. The third-order valence-electron chi connectivity index (χ3n) is 2.28. The third-order valence-corrected chi connectivity index (χ3v) is 3.39. The lowest BCUT2D eigenvalue weighted by molar-refractivity contribution is 0.578. The average Bonchev–Trinajstić information content (AvgIpc) is 2.16. The monoisotopic (exact) mass is 249 g/mol. The van der Waals surface area contributed by atoms with E-state index in [2.05, 4.69) is 35.1 Å². The Bertz CT molecular complexity index is 96.1. The van der Waals surface area contributed by atoms with E-state index in [0.717, 1.165) is 6.54 Å². The minimum atomic E-state index is 0.704. The zero-order valence-corrected chi connectivity index (χ0v) is 10.7. The van der Waals surface area contributed by atoms with E-state index in [1.165, 1.54) is 45.1 Å². The van der Waals surface area contributed by atoms with Gasteiger partial charge in [0.2, 0.25) is 0 Å². The fraction of sp³-hybridized carbons (Fsp3) is 1.00. The van der Waals surface area contributed by atoms with Gasteiger partial charge in [0.15, 0.2) is 0 Å². The van der Waals surface area contributed by atoms with Gasteiger partial charge in [-0.15, -0.1) is 0 Å². The second kappa shape index (κ2) is 10.5. The first-order valence-electron chi connectivity index (χ1n) is 5.66. The first-order chi connectivity index (χ1) is 6.31. The van der Waals surface area contributed by atoms with Crippen LogP contribution < -0.4 is 5.32 Å². The van der Waals surface area contributed by atoms with Crippen LogP contribution in [0.3, 0.4) is 0 Å². The van der Waals surface area contributed by atoms with Crippen molar-refractivity contribution in [1.82, 2.24) is 5.32 Å². The molecule has 0 radical (unpaired) electrons. The molecule has 0 aromatic rings. The summed E-state index contributed by atoms with van der Waals surface area (Å²) in [5.74, 6) is 0. The predicted molar refractivity (Wildman–Crippen MR) is 64.6 cm³/mol. The van der Waals surface area contributed by atoms with Gasteiger partial charge >= 0.3 is 0 Å². The Morgan fingerprint density at radius 1 is 1.08 bits per heavy atom.